The molecule has 1 saturated carbocycles. The number of hydrogen-bond acceptors (Lipinski definition) is 2. The second-order valence-corrected chi connectivity index (χ2v) is 6.57. The number of ether oxygens (including phenoxy) is 1. The summed E-state index contributed by atoms with van der Waals surface area (Å²) in [6, 6.07) is 19.1. The quantitative estimate of drug-likeness (QED) is 0.759. The number of rotatable bonds is 7. The molecule has 23 heavy (non-hydrogen) atoms. The molecule has 0 bridgehead atoms. The molecule has 0 radical (unpaired) electrons. The van der Waals surface area contributed by atoms with Crippen LogP contribution in [0, 0.1) is 5.92 Å². The molecule has 0 aliphatic heterocycles. The summed E-state index contributed by atoms with van der Waals surface area (Å²) < 4.78 is 5.85. The third-order valence-electron chi connectivity index (χ3n) is 4.87. The summed E-state index contributed by atoms with van der Waals surface area (Å²) in [5.41, 5.74) is 2.75. The van der Waals surface area contributed by atoms with Crippen molar-refractivity contribution in [1.29, 1.82) is 0 Å². The van der Waals surface area contributed by atoms with Gasteiger partial charge in [0.2, 0.25) is 0 Å². The Kier molecular flexibility index (Phi) is 5.71. The molecule has 0 amide bonds. The molecule has 1 unspecified atom stereocenters. The Labute approximate surface area is 139 Å². The van der Waals surface area contributed by atoms with Gasteiger partial charge in [0, 0.05) is 6.61 Å². The highest BCUT2D eigenvalue weighted by atomic mass is 16.5. The smallest absolute Gasteiger partial charge is 0.119 e. The number of benzene rings is 2. The van der Waals surface area contributed by atoms with Gasteiger partial charge in [-0.05, 0) is 67.2 Å². The maximum absolute atomic E-state index is 9.26. The summed E-state index contributed by atoms with van der Waals surface area (Å²) in [5, 5.41) is 9.26. The topological polar surface area (TPSA) is 29.5 Å². The molecule has 1 N–H and O–H groups in total. The number of aliphatic hydroxyl groups is 1. The lowest BCUT2D eigenvalue weighted by Crippen LogP contribution is -2.01. The highest BCUT2D eigenvalue weighted by molar-refractivity contribution is 5.30. The summed E-state index contributed by atoms with van der Waals surface area (Å²) in [6.45, 7) is 1.09. The zero-order valence-corrected chi connectivity index (χ0v) is 13.7. The fraction of sp³-hybridized carbons (Fsp3) is 0.429. The molecule has 122 valence electrons. The molecule has 1 aliphatic carbocycles. The van der Waals surface area contributed by atoms with Crippen molar-refractivity contribution in [3.8, 4) is 5.75 Å². The van der Waals surface area contributed by atoms with Crippen molar-refractivity contribution in [2.75, 3.05) is 13.2 Å². The second kappa shape index (κ2) is 8.16. The number of hydrogen-bond donors (Lipinski definition) is 1. The Balaban J connectivity index is 1.43. The first-order valence-corrected chi connectivity index (χ1v) is 8.72. The van der Waals surface area contributed by atoms with Crippen molar-refractivity contribution in [3.63, 3.8) is 0 Å². The summed E-state index contributed by atoms with van der Waals surface area (Å²) in [7, 11) is 0. The monoisotopic (exact) mass is 310 g/mol. The summed E-state index contributed by atoms with van der Waals surface area (Å²) >= 11 is 0. The van der Waals surface area contributed by atoms with Crippen LogP contribution in [0.4, 0.5) is 0 Å². The molecule has 2 aromatic rings. The molecular weight excluding hydrogens is 284 g/mol. The SMILES string of the molecule is OC[C@H]1CCC(c2ccc(OCCCc3ccccc3)cc2)C1. The van der Waals surface area contributed by atoms with E-state index in [-0.39, 0.29) is 0 Å². The van der Waals surface area contributed by atoms with Gasteiger partial charge in [0.1, 0.15) is 5.75 Å². The average Bonchev–Trinajstić information content (AvgIpc) is 3.09. The molecule has 2 atom stereocenters. The fourth-order valence-electron chi connectivity index (χ4n) is 3.49. The second-order valence-electron chi connectivity index (χ2n) is 6.57. The molecule has 1 fully saturated rings. The minimum Gasteiger partial charge on any atom is -0.494 e. The lowest BCUT2D eigenvalue weighted by Gasteiger charge is -2.12. The average molecular weight is 310 g/mol. The van der Waals surface area contributed by atoms with Crippen LogP contribution in [0.2, 0.25) is 0 Å². The van der Waals surface area contributed by atoms with Crippen LogP contribution in [0.1, 0.15) is 42.7 Å². The van der Waals surface area contributed by atoms with E-state index in [1.54, 1.807) is 0 Å². The van der Waals surface area contributed by atoms with E-state index in [1.165, 1.54) is 17.5 Å². The van der Waals surface area contributed by atoms with E-state index in [0.29, 0.717) is 18.4 Å². The van der Waals surface area contributed by atoms with E-state index >= 15 is 0 Å². The molecular formula is C21H26O2. The third kappa shape index (κ3) is 4.59. The van der Waals surface area contributed by atoms with Gasteiger partial charge < -0.3 is 9.84 Å². The summed E-state index contributed by atoms with van der Waals surface area (Å²) in [5.74, 6) is 2.06. The lowest BCUT2D eigenvalue weighted by molar-refractivity contribution is 0.229. The first-order valence-electron chi connectivity index (χ1n) is 8.72. The van der Waals surface area contributed by atoms with E-state index in [2.05, 4.69) is 54.6 Å². The third-order valence-corrected chi connectivity index (χ3v) is 4.87. The minimum atomic E-state index is 0.332. The first kappa shape index (κ1) is 16.1. The van der Waals surface area contributed by atoms with Gasteiger partial charge in [-0.2, -0.15) is 0 Å². The van der Waals surface area contributed by atoms with Crippen LogP contribution in [0.15, 0.2) is 54.6 Å². The lowest BCUT2D eigenvalue weighted by atomic mass is 9.96. The predicted octanol–water partition coefficient (Wildman–Crippen LogP) is 4.57. The van der Waals surface area contributed by atoms with Crippen LogP contribution in [-0.2, 0) is 6.42 Å². The van der Waals surface area contributed by atoms with Crippen molar-refractivity contribution >= 4 is 0 Å². The standard InChI is InChI=1S/C21H26O2/c22-16-18-8-9-20(15-18)19-10-12-21(13-11-19)23-14-4-7-17-5-2-1-3-6-17/h1-3,5-6,10-13,18,20,22H,4,7-9,14-16H2/t18-,20?/m0/s1. The molecule has 0 heterocycles. The Morgan fingerprint density at radius 3 is 2.43 bits per heavy atom. The van der Waals surface area contributed by atoms with E-state index in [1.807, 2.05) is 0 Å². The van der Waals surface area contributed by atoms with Gasteiger partial charge in [-0.3, -0.25) is 0 Å². The normalized spacial score (nSPS) is 20.6. The summed E-state index contributed by atoms with van der Waals surface area (Å²) in [4.78, 5) is 0. The molecule has 0 spiro atoms. The van der Waals surface area contributed by atoms with Gasteiger partial charge in [0.15, 0.2) is 0 Å². The molecule has 1 aliphatic rings. The minimum absolute atomic E-state index is 0.332. The van der Waals surface area contributed by atoms with Gasteiger partial charge in [-0.1, -0.05) is 42.5 Å². The van der Waals surface area contributed by atoms with E-state index in [9.17, 15) is 5.11 Å². The highest BCUT2D eigenvalue weighted by Crippen LogP contribution is 2.38. The predicted molar refractivity (Wildman–Crippen MR) is 93.9 cm³/mol. The maximum atomic E-state index is 9.26. The molecule has 0 aromatic heterocycles. The van der Waals surface area contributed by atoms with Crippen LogP contribution in [0.3, 0.4) is 0 Å². The number of aliphatic hydroxyl groups excluding tert-OH is 1. The Morgan fingerprint density at radius 2 is 1.74 bits per heavy atom. The van der Waals surface area contributed by atoms with Crippen molar-refractivity contribution in [1.82, 2.24) is 0 Å². The van der Waals surface area contributed by atoms with Crippen LogP contribution < -0.4 is 4.74 Å². The van der Waals surface area contributed by atoms with Gasteiger partial charge in [-0.15, -0.1) is 0 Å². The van der Waals surface area contributed by atoms with Crippen LogP contribution >= 0.6 is 0 Å². The zero-order valence-electron chi connectivity index (χ0n) is 13.7. The van der Waals surface area contributed by atoms with Crippen LogP contribution in [0.5, 0.6) is 5.75 Å². The van der Waals surface area contributed by atoms with Crippen molar-refractivity contribution in [2.24, 2.45) is 5.92 Å². The molecule has 2 aromatic carbocycles. The van der Waals surface area contributed by atoms with E-state index in [4.69, 9.17) is 4.74 Å². The van der Waals surface area contributed by atoms with Gasteiger partial charge in [0.05, 0.1) is 6.61 Å². The molecule has 0 saturated heterocycles. The van der Waals surface area contributed by atoms with Crippen molar-refractivity contribution in [3.05, 3.63) is 65.7 Å². The van der Waals surface area contributed by atoms with Gasteiger partial charge in [-0.25, -0.2) is 0 Å². The Hall–Kier alpha value is -1.80. The van der Waals surface area contributed by atoms with Crippen LogP contribution in [0.25, 0.3) is 0 Å². The van der Waals surface area contributed by atoms with Crippen molar-refractivity contribution in [2.45, 2.75) is 38.0 Å². The molecule has 2 nitrogen and oxygen atoms in total. The first-order chi connectivity index (χ1) is 11.3. The van der Waals surface area contributed by atoms with Gasteiger partial charge in [0.25, 0.3) is 0 Å². The molecule has 2 heteroatoms. The maximum Gasteiger partial charge on any atom is 0.119 e. The fourth-order valence-corrected chi connectivity index (χ4v) is 3.49. The summed E-state index contributed by atoms with van der Waals surface area (Å²) in [6.07, 6.45) is 5.56. The molecule has 3 rings (SSSR count). The number of aryl methyl sites for hydroxylation is 1. The van der Waals surface area contributed by atoms with E-state index in [0.717, 1.165) is 38.0 Å². The Morgan fingerprint density at radius 1 is 0.957 bits per heavy atom. The van der Waals surface area contributed by atoms with Crippen LogP contribution in [-0.4, -0.2) is 18.3 Å². The van der Waals surface area contributed by atoms with E-state index < -0.39 is 0 Å². The Bertz CT molecular complexity index is 577. The highest BCUT2D eigenvalue weighted by Gasteiger charge is 2.25. The zero-order chi connectivity index (χ0) is 15.9. The van der Waals surface area contributed by atoms with Gasteiger partial charge >= 0.3 is 0 Å². The van der Waals surface area contributed by atoms with Crippen molar-refractivity contribution < 1.29 is 9.84 Å². The largest absolute Gasteiger partial charge is 0.494 e.